The van der Waals surface area contributed by atoms with E-state index in [2.05, 4.69) is 0 Å². The van der Waals surface area contributed by atoms with Crippen LogP contribution in [0, 0.1) is 0 Å². The third-order valence-corrected chi connectivity index (χ3v) is 9.00. The Bertz CT molecular complexity index is 801. The Morgan fingerprint density at radius 1 is 0.448 bits per heavy atom. The first-order valence-corrected chi connectivity index (χ1v) is 10.1. The Kier molecular flexibility index (Phi) is 7.81. The van der Waals surface area contributed by atoms with Gasteiger partial charge in [0.15, 0.2) is 8.07 Å². The summed E-state index contributed by atoms with van der Waals surface area (Å²) in [5.41, 5.74) is -2.87. The van der Waals surface area contributed by atoms with Gasteiger partial charge in [-0.3, -0.25) is 0 Å². The van der Waals surface area contributed by atoms with Gasteiger partial charge >= 0.3 is 35.8 Å². The van der Waals surface area contributed by atoms with E-state index in [0.29, 0.717) is 0 Å². The summed E-state index contributed by atoms with van der Waals surface area (Å²) in [6.45, 7) is 3.07. The van der Waals surface area contributed by atoms with E-state index in [1.165, 1.54) is 0 Å². The fraction of sp³-hybridized carbons (Fsp3) is 0.250. The molecule has 0 aliphatic heterocycles. The molecule has 0 aliphatic carbocycles. The molecule has 0 unspecified atom stereocenters. The molecular weight excluding hydrogens is 412 g/mol. The Morgan fingerprint density at radius 2 is 0.621 bits per heavy atom. The number of rotatable bonds is 9. The number of carboxylic acids is 6. The monoisotopic (exact) mass is 430 g/mol. The molecule has 158 valence electrons. The van der Waals surface area contributed by atoms with Crippen molar-refractivity contribution in [2.24, 2.45) is 0 Å². The van der Waals surface area contributed by atoms with Crippen molar-refractivity contribution in [2.75, 3.05) is 0 Å². The second-order valence-corrected chi connectivity index (χ2v) is 9.71. The van der Waals surface area contributed by atoms with Crippen LogP contribution in [0.25, 0.3) is 0 Å². The molecule has 0 rings (SSSR count). The molecule has 0 atom stereocenters. The molecule has 0 aromatic carbocycles. The van der Waals surface area contributed by atoms with Crippen LogP contribution in [0.1, 0.15) is 20.8 Å². The highest BCUT2D eigenvalue weighted by molar-refractivity contribution is 7.06. The molecule has 0 spiro atoms. The first-order valence-electron chi connectivity index (χ1n) is 7.57. The highest BCUT2D eigenvalue weighted by Gasteiger charge is 2.53. The van der Waals surface area contributed by atoms with E-state index < -0.39 is 76.2 Å². The maximum Gasteiger partial charge on any atom is 0.331 e. The van der Waals surface area contributed by atoms with Crippen molar-refractivity contribution >= 4 is 43.9 Å². The lowest BCUT2D eigenvalue weighted by Gasteiger charge is -2.32. The lowest BCUT2D eigenvalue weighted by atomic mass is 10.2. The number of hydrogen-bond donors (Lipinski definition) is 6. The second-order valence-electron chi connectivity index (χ2n) is 5.96. The second kappa shape index (κ2) is 8.96. The maximum atomic E-state index is 11.9. The first-order chi connectivity index (χ1) is 13.0. The van der Waals surface area contributed by atoms with Crippen LogP contribution in [0.3, 0.4) is 0 Å². The van der Waals surface area contributed by atoms with E-state index in [0.717, 1.165) is 27.3 Å². The van der Waals surface area contributed by atoms with Gasteiger partial charge in [-0.25, -0.2) is 28.8 Å². The fourth-order valence-corrected chi connectivity index (χ4v) is 7.55. The summed E-state index contributed by atoms with van der Waals surface area (Å²) in [4.78, 5) is 70.0. The predicted octanol–water partition coefficient (Wildman–Crippen LogP) is 0.140. The minimum atomic E-state index is -5.01. The summed E-state index contributed by atoms with van der Waals surface area (Å²) < 4.78 is 0. The van der Waals surface area contributed by atoms with Crippen molar-refractivity contribution in [3.8, 4) is 0 Å². The van der Waals surface area contributed by atoms with Gasteiger partial charge in [0.05, 0.1) is 0 Å². The highest BCUT2D eigenvalue weighted by atomic mass is 28.3. The lowest BCUT2D eigenvalue weighted by molar-refractivity contribution is -0.136. The van der Waals surface area contributed by atoms with Gasteiger partial charge in [0, 0.05) is 32.3 Å². The van der Waals surface area contributed by atoms with Gasteiger partial charge in [-0.2, -0.15) is 0 Å². The molecule has 0 saturated heterocycles. The summed E-state index contributed by atoms with van der Waals surface area (Å²) >= 11 is 0. The third-order valence-electron chi connectivity index (χ3n) is 4.23. The molecule has 29 heavy (non-hydrogen) atoms. The zero-order valence-corrected chi connectivity index (χ0v) is 16.6. The van der Waals surface area contributed by atoms with Crippen LogP contribution in [-0.2, 0) is 28.8 Å². The molecule has 0 aliphatic rings. The Morgan fingerprint density at radius 3 is 0.724 bits per heavy atom. The summed E-state index contributed by atoms with van der Waals surface area (Å²) in [5, 5.41) is 53.0. The summed E-state index contributed by atoms with van der Waals surface area (Å²) in [6.07, 6.45) is 0. The first kappa shape index (κ1) is 25.3. The van der Waals surface area contributed by atoms with Crippen molar-refractivity contribution in [1.29, 1.82) is 0 Å². The van der Waals surface area contributed by atoms with Crippen molar-refractivity contribution < 1.29 is 59.4 Å². The van der Waals surface area contributed by atoms with E-state index in [-0.39, 0.29) is 0 Å². The van der Waals surface area contributed by atoms with E-state index in [1.807, 2.05) is 0 Å². The van der Waals surface area contributed by atoms with Crippen LogP contribution in [0.4, 0.5) is 0 Å². The van der Waals surface area contributed by atoms with Crippen LogP contribution in [-0.4, -0.2) is 74.5 Å². The van der Waals surface area contributed by atoms with Gasteiger partial charge in [-0.15, -0.1) is 0 Å². The van der Waals surface area contributed by atoms with Gasteiger partial charge in [0.25, 0.3) is 0 Å². The lowest BCUT2D eigenvalue weighted by Crippen LogP contribution is -2.50. The van der Waals surface area contributed by atoms with E-state index in [9.17, 15) is 59.4 Å². The SMILES string of the molecule is C/C(C(=O)O)=C(\C(=O)O)[Si](C)(/C(C(=O)O)=C(/C)C(=O)O)/C(C(=O)O)=C(/C)C(=O)O. The molecule has 0 bridgehead atoms. The smallest absolute Gasteiger partial charge is 0.331 e. The highest BCUT2D eigenvalue weighted by Crippen LogP contribution is 2.37. The Labute approximate surface area is 163 Å². The van der Waals surface area contributed by atoms with Gasteiger partial charge in [-0.1, -0.05) is 6.55 Å². The number of carboxylic acid groups (broad SMARTS) is 6. The minimum absolute atomic E-state index is 0.766. The van der Waals surface area contributed by atoms with Gasteiger partial charge in [0.1, 0.15) is 0 Å². The van der Waals surface area contributed by atoms with Crippen molar-refractivity contribution in [1.82, 2.24) is 0 Å². The van der Waals surface area contributed by atoms with E-state index >= 15 is 0 Å². The largest absolute Gasteiger partial charge is 0.478 e. The van der Waals surface area contributed by atoms with Crippen LogP contribution < -0.4 is 0 Å². The molecule has 0 fully saturated rings. The van der Waals surface area contributed by atoms with E-state index in [4.69, 9.17) is 0 Å². The molecule has 13 heteroatoms. The standard InChI is InChI=1S/C16H18O12Si/c1-5(11(17)18)8(14(23)24)29(4,9(15(25)26)6(2)12(19)20)10(16(27)28)7(3)13(21)22/h1-4H3,(H,17,18)(H,19,20)(H,21,22)(H,23,24)(H,25,26)(H,27,28)/b8-5-,9-6-,10-7-. The maximum absolute atomic E-state index is 11.9. The van der Waals surface area contributed by atoms with Crippen LogP contribution in [0.5, 0.6) is 0 Å². The zero-order valence-electron chi connectivity index (χ0n) is 15.6. The average Bonchev–Trinajstić information content (AvgIpc) is 2.53. The van der Waals surface area contributed by atoms with Crippen molar-refractivity contribution in [2.45, 2.75) is 27.3 Å². The topological polar surface area (TPSA) is 224 Å². The average molecular weight is 430 g/mol. The Hall–Kier alpha value is -3.74. The zero-order chi connectivity index (χ0) is 23.4. The summed E-state index contributed by atoms with van der Waals surface area (Å²) in [7, 11) is -5.01. The number of carbonyl (C=O) groups is 6. The number of aliphatic carboxylic acids is 6. The van der Waals surface area contributed by atoms with E-state index in [1.54, 1.807) is 0 Å². The molecule has 0 heterocycles. The van der Waals surface area contributed by atoms with Crippen LogP contribution in [0.2, 0.25) is 6.55 Å². The molecule has 0 aromatic rings. The van der Waals surface area contributed by atoms with Crippen molar-refractivity contribution in [3.63, 3.8) is 0 Å². The molecule has 0 saturated carbocycles. The molecule has 0 aromatic heterocycles. The quantitative estimate of drug-likeness (QED) is 0.212. The van der Waals surface area contributed by atoms with Crippen LogP contribution in [0.15, 0.2) is 32.3 Å². The summed E-state index contributed by atoms with van der Waals surface area (Å²) in [6, 6.07) is 0. The third kappa shape index (κ3) is 4.76. The van der Waals surface area contributed by atoms with Crippen molar-refractivity contribution in [3.05, 3.63) is 32.3 Å². The molecule has 0 radical (unpaired) electrons. The number of hydrogen-bond acceptors (Lipinski definition) is 6. The molecule has 6 N–H and O–H groups in total. The fourth-order valence-electron chi connectivity index (χ4n) is 2.94. The van der Waals surface area contributed by atoms with Gasteiger partial charge in [-0.05, 0) is 20.8 Å². The molecule has 0 amide bonds. The van der Waals surface area contributed by atoms with Crippen LogP contribution >= 0.6 is 0 Å². The van der Waals surface area contributed by atoms with Gasteiger partial charge in [0.2, 0.25) is 0 Å². The molecular formula is C16H18O12Si. The predicted molar refractivity (Wildman–Crippen MR) is 95.5 cm³/mol. The van der Waals surface area contributed by atoms with Gasteiger partial charge < -0.3 is 30.6 Å². The normalized spacial score (nSPS) is 14.1. The summed E-state index contributed by atoms with van der Waals surface area (Å²) in [5.74, 6) is -11.6. The molecule has 12 nitrogen and oxygen atoms in total. The Balaban J connectivity index is 8.22. The minimum Gasteiger partial charge on any atom is -0.478 e.